The average molecular weight is 373 g/mol. The summed E-state index contributed by atoms with van der Waals surface area (Å²) in [7, 11) is 3.40. The summed E-state index contributed by atoms with van der Waals surface area (Å²) >= 11 is 0. The van der Waals surface area contributed by atoms with E-state index in [-0.39, 0.29) is 11.3 Å². The van der Waals surface area contributed by atoms with Gasteiger partial charge in [-0.2, -0.15) is 0 Å². The predicted molar refractivity (Wildman–Crippen MR) is 99.0 cm³/mol. The minimum Gasteiger partial charge on any atom is -0.496 e. The van der Waals surface area contributed by atoms with Gasteiger partial charge in [0.05, 0.1) is 7.11 Å². The van der Waals surface area contributed by atoms with Crippen molar-refractivity contribution < 1.29 is 19.0 Å². The molecule has 1 atom stereocenters. The number of hydrogen-bond donors (Lipinski definition) is 2. The topological polar surface area (TPSA) is 105 Å². The largest absolute Gasteiger partial charge is 0.496 e. The van der Waals surface area contributed by atoms with Crippen molar-refractivity contribution in [2.45, 2.75) is 19.0 Å². The van der Waals surface area contributed by atoms with Gasteiger partial charge in [-0.3, -0.25) is 0 Å². The molecule has 1 aliphatic heterocycles. The van der Waals surface area contributed by atoms with Crippen LogP contribution in [-0.2, 0) is 17.8 Å². The highest BCUT2D eigenvalue weighted by Gasteiger charge is 2.30. The molecule has 0 saturated carbocycles. The number of aliphatic carboxylic acids is 1. The lowest BCUT2D eigenvalue weighted by Gasteiger charge is -2.30. The van der Waals surface area contributed by atoms with E-state index in [1.807, 2.05) is 11.9 Å². The van der Waals surface area contributed by atoms with E-state index in [2.05, 4.69) is 5.18 Å². The second-order valence-electron chi connectivity index (χ2n) is 6.56. The lowest BCUT2D eigenvalue weighted by atomic mass is 9.85. The monoisotopic (exact) mass is 373 g/mol. The van der Waals surface area contributed by atoms with Crippen LogP contribution in [0, 0.1) is 10.7 Å². The Bertz CT molecular complexity index is 916. The number of benzene rings is 2. The molecule has 0 fully saturated rings. The van der Waals surface area contributed by atoms with Crippen molar-refractivity contribution in [1.82, 2.24) is 4.90 Å². The maximum atomic E-state index is 13.9. The normalized spacial score (nSPS) is 15.1. The second kappa shape index (κ2) is 7.32. The summed E-state index contributed by atoms with van der Waals surface area (Å²) in [5.41, 5.74) is 9.29. The summed E-state index contributed by atoms with van der Waals surface area (Å²) in [5.74, 6) is -1.40. The van der Waals surface area contributed by atoms with Gasteiger partial charge in [0.2, 0.25) is 6.04 Å². The predicted octanol–water partition coefficient (Wildman–Crippen LogP) is 2.96. The van der Waals surface area contributed by atoms with Crippen molar-refractivity contribution in [2.24, 2.45) is 5.18 Å². The van der Waals surface area contributed by atoms with E-state index in [0.717, 1.165) is 17.7 Å². The van der Waals surface area contributed by atoms with E-state index in [1.54, 1.807) is 0 Å². The molecular weight excluding hydrogens is 353 g/mol. The molecule has 0 amide bonds. The molecule has 0 bridgehead atoms. The highest BCUT2D eigenvalue weighted by atomic mass is 19.1. The van der Waals surface area contributed by atoms with Crippen LogP contribution in [0.15, 0.2) is 29.4 Å². The van der Waals surface area contributed by atoms with Gasteiger partial charge in [-0.15, -0.1) is 4.91 Å². The number of fused-ring (bicyclic) bond motifs is 1. The quantitative estimate of drug-likeness (QED) is 0.617. The number of ether oxygens (including phenoxy) is 1. The first-order valence-electron chi connectivity index (χ1n) is 8.39. The van der Waals surface area contributed by atoms with Crippen LogP contribution in [-0.4, -0.2) is 36.7 Å². The minimum absolute atomic E-state index is 0.105. The number of nitroso groups, excluding NO2 is 1. The smallest absolute Gasteiger partial charge is 0.336 e. The number of carbonyl (C=O) groups is 1. The first kappa shape index (κ1) is 18.8. The molecule has 7 nitrogen and oxygen atoms in total. The zero-order valence-electron chi connectivity index (χ0n) is 15.0. The summed E-state index contributed by atoms with van der Waals surface area (Å²) in [4.78, 5) is 24.7. The average Bonchev–Trinajstić information content (AvgIpc) is 2.64. The van der Waals surface area contributed by atoms with Crippen LogP contribution < -0.4 is 10.5 Å². The number of halogens is 1. The van der Waals surface area contributed by atoms with E-state index in [4.69, 9.17) is 10.5 Å². The fraction of sp³-hybridized carbons (Fsp3) is 0.316. The molecule has 2 aromatic rings. The Kier molecular flexibility index (Phi) is 5.09. The number of carboxylic acid groups (broad SMARTS) is 1. The Hall–Kier alpha value is -3.00. The highest BCUT2D eigenvalue weighted by molar-refractivity contribution is 5.84. The fourth-order valence-electron chi connectivity index (χ4n) is 3.53. The molecule has 1 unspecified atom stereocenters. The van der Waals surface area contributed by atoms with Gasteiger partial charge in [0, 0.05) is 29.9 Å². The molecule has 1 aliphatic rings. The van der Waals surface area contributed by atoms with E-state index >= 15 is 0 Å². The van der Waals surface area contributed by atoms with E-state index in [1.165, 1.54) is 31.4 Å². The zero-order chi connectivity index (χ0) is 19.7. The van der Waals surface area contributed by atoms with Crippen LogP contribution in [0.2, 0.25) is 0 Å². The number of nitrogen functional groups attached to an aromatic ring is 1. The molecule has 8 heteroatoms. The number of anilines is 1. The van der Waals surface area contributed by atoms with Gasteiger partial charge in [0.1, 0.15) is 11.6 Å². The number of nitrogens with zero attached hydrogens (tertiary/aromatic N) is 2. The van der Waals surface area contributed by atoms with Crippen LogP contribution in [0.1, 0.15) is 22.7 Å². The number of rotatable bonds is 5. The van der Waals surface area contributed by atoms with E-state index < -0.39 is 17.8 Å². The van der Waals surface area contributed by atoms with Gasteiger partial charge in [-0.05, 0) is 59.6 Å². The summed E-state index contributed by atoms with van der Waals surface area (Å²) in [5, 5.41) is 12.1. The summed E-state index contributed by atoms with van der Waals surface area (Å²) < 4.78 is 19.3. The maximum Gasteiger partial charge on any atom is 0.336 e. The number of carboxylic acids is 1. The first-order chi connectivity index (χ1) is 12.9. The summed E-state index contributed by atoms with van der Waals surface area (Å²) in [6, 6.07) is 4.01. The third kappa shape index (κ3) is 3.35. The Labute approximate surface area is 155 Å². The maximum absolute atomic E-state index is 13.9. The molecule has 27 heavy (non-hydrogen) atoms. The fourth-order valence-corrected chi connectivity index (χ4v) is 3.53. The van der Waals surface area contributed by atoms with Crippen LogP contribution >= 0.6 is 0 Å². The number of nitrogens with two attached hydrogens (primary N) is 1. The van der Waals surface area contributed by atoms with Crippen LogP contribution in [0.3, 0.4) is 0 Å². The van der Waals surface area contributed by atoms with Gasteiger partial charge < -0.3 is 20.5 Å². The molecule has 3 rings (SSSR count). The van der Waals surface area contributed by atoms with E-state index in [0.29, 0.717) is 29.8 Å². The van der Waals surface area contributed by atoms with Gasteiger partial charge in [0.15, 0.2) is 0 Å². The lowest BCUT2D eigenvalue weighted by Crippen LogP contribution is -2.28. The van der Waals surface area contributed by atoms with Crippen molar-refractivity contribution in [3.05, 3.63) is 51.7 Å². The lowest BCUT2D eigenvalue weighted by molar-refractivity contribution is -0.138. The van der Waals surface area contributed by atoms with Crippen molar-refractivity contribution in [1.29, 1.82) is 0 Å². The third-order valence-electron chi connectivity index (χ3n) is 4.88. The second-order valence-corrected chi connectivity index (χ2v) is 6.56. The number of likely N-dealkylation sites (N-methyl/N-ethyl adjacent to an activating group) is 1. The molecule has 142 valence electrons. The standard InChI is InChI=1S/C19H20FN3O4/c1-23-6-5-11-12(13-7-10(20)3-4-16(13)27-2)8-14(17(21)15(11)9-23)18(22-26)19(24)25/h3-4,7-8,18H,5-6,9,21H2,1-2H3,(H,24,25). The Morgan fingerprint density at radius 1 is 1.33 bits per heavy atom. The van der Waals surface area contributed by atoms with E-state index in [9.17, 15) is 19.2 Å². The molecule has 0 saturated heterocycles. The number of methoxy groups -OCH3 is 1. The highest BCUT2D eigenvalue weighted by Crippen LogP contribution is 2.42. The SMILES string of the molecule is COc1ccc(F)cc1-c1cc(C(N=O)C(=O)O)c(N)c2c1CCN(C)C2. The first-order valence-corrected chi connectivity index (χ1v) is 8.39. The Balaban J connectivity index is 2.34. The van der Waals surface area contributed by atoms with Gasteiger partial charge >= 0.3 is 5.97 Å². The molecule has 3 N–H and O–H groups in total. The molecular formula is C19H20FN3O4. The van der Waals surface area contributed by atoms with Crippen molar-refractivity contribution in [3.63, 3.8) is 0 Å². The third-order valence-corrected chi connectivity index (χ3v) is 4.88. The van der Waals surface area contributed by atoms with Gasteiger partial charge in [-0.1, -0.05) is 0 Å². The van der Waals surface area contributed by atoms with Crippen molar-refractivity contribution in [3.8, 4) is 16.9 Å². The number of hydrogen-bond acceptors (Lipinski definition) is 6. The minimum atomic E-state index is -1.64. The summed E-state index contributed by atoms with van der Waals surface area (Å²) in [6.07, 6.45) is 0.650. The summed E-state index contributed by atoms with van der Waals surface area (Å²) in [6.45, 7) is 1.26. The zero-order valence-corrected chi connectivity index (χ0v) is 15.0. The van der Waals surface area contributed by atoms with Gasteiger partial charge in [0.25, 0.3) is 0 Å². The molecule has 1 heterocycles. The molecule has 2 aromatic carbocycles. The Morgan fingerprint density at radius 2 is 2.07 bits per heavy atom. The Morgan fingerprint density at radius 3 is 2.70 bits per heavy atom. The molecule has 0 aromatic heterocycles. The van der Waals surface area contributed by atoms with Crippen LogP contribution in [0.4, 0.5) is 10.1 Å². The van der Waals surface area contributed by atoms with Gasteiger partial charge in [-0.25, -0.2) is 9.18 Å². The molecule has 0 aliphatic carbocycles. The van der Waals surface area contributed by atoms with Crippen molar-refractivity contribution in [2.75, 3.05) is 26.4 Å². The van der Waals surface area contributed by atoms with Crippen molar-refractivity contribution >= 4 is 11.7 Å². The van der Waals surface area contributed by atoms with Crippen LogP contribution in [0.5, 0.6) is 5.75 Å². The molecule has 0 radical (unpaired) electrons. The van der Waals surface area contributed by atoms with Crippen LogP contribution in [0.25, 0.3) is 11.1 Å². The molecule has 0 spiro atoms.